The third-order valence-corrected chi connectivity index (χ3v) is 2.91. The van der Waals surface area contributed by atoms with Gasteiger partial charge in [0.2, 0.25) is 0 Å². The number of fused-ring (bicyclic) bond motifs is 1. The molecule has 0 fully saturated rings. The zero-order valence-electron chi connectivity index (χ0n) is 9.90. The summed E-state index contributed by atoms with van der Waals surface area (Å²) in [5.41, 5.74) is 8.91. The van der Waals surface area contributed by atoms with E-state index in [2.05, 4.69) is 0 Å². The predicted molar refractivity (Wildman–Crippen MR) is 65.5 cm³/mol. The highest BCUT2D eigenvalue weighted by Crippen LogP contribution is 2.17. The number of nitrogens with two attached hydrogens (primary N) is 1. The van der Waals surface area contributed by atoms with E-state index in [1.807, 2.05) is 25.1 Å². The van der Waals surface area contributed by atoms with Crippen molar-refractivity contribution < 1.29 is 0 Å². The van der Waals surface area contributed by atoms with Gasteiger partial charge in [-0.3, -0.25) is 9.13 Å². The molecule has 2 rings (SSSR count). The highest BCUT2D eigenvalue weighted by Gasteiger charge is 2.11. The molecule has 0 saturated heterocycles. The fraction of sp³-hybridized carbons (Fsp3) is 0.417. The second-order valence-electron chi connectivity index (χ2n) is 4.37. The average Bonchev–Trinajstić information content (AvgIpc) is 2.44. The zero-order valence-corrected chi connectivity index (χ0v) is 9.90. The Hall–Kier alpha value is -1.55. The smallest absolute Gasteiger partial charge is 0.328 e. The molecule has 1 unspecified atom stereocenters. The van der Waals surface area contributed by atoms with Crippen LogP contribution in [0.5, 0.6) is 0 Å². The number of imidazole rings is 1. The van der Waals surface area contributed by atoms with E-state index in [1.165, 1.54) is 0 Å². The average molecular weight is 219 g/mol. The summed E-state index contributed by atoms with van der Waals surface area (Å²) in [6, 6.07) is 6.06. The molecule has 0 bridgehead atoms. The van der Waals surface area contributed by atoms with E-state index < -0.39 is 0 Å². The Bertz CT molecular complexity index is 578. The Kier molecular flexibility index (Phi) is 2.59. The molecule has 0 spiro atoms. The number of aromatic nitrogens is 2. The SMILES string of the molecule is CC(N)Cc1cccc2c1n(C)c(=O)n2C. The van der Waals surface area contributed by atoms with Crippen LogP contribution in [0.4, 0.5) is 0 Å². The standard InChI is InChI=1S/C12H17N3O/c1-8(13)7-9-5-4-6-10-11(9)15(3)12(16)14(10)2/h4-6,8H,7,13H2,1-3H3. The van der Waals surface area contributed by atoms with Crippen LogP contribution in [0.1, 0.15) is 12.5 Å². The number of rotatable bonds is 2. The van der Waals surface area contributed by atoms with Crippen molar-refractivity contribution >= 4 is 11.0 Å². The Morgan fingerprint density at radius 2 is 2.00 bits per heavy atom. The maximum Gasteiger partial charge on any atom is 0.328 e. The fourth-order valence-electron chi connectivity index (χ4n) is 2.17. The van der Waals surface area contributed by atoms with Crippen LogP contribution in [-0.2, 0) is 20.5 Å². The molecule has 2 N–H and O–H groups in total. The van der Waals surface area contributed by atoms with Crippen LogP contribution in [0, 0.1) is 0 Å². The maximum absolute atomic E-state index is 11.8. The number of benzene rings is 1. The zero-order chi connectivity index (χ0) is 11.9. The largest absolute Gasteiger partial charge is 0.328 e. The van der Waals surface area contributed by atoms with E-state index in [1.54, 1.807) is 23.2 Å². The molecule has 16 heavy (non-hydrogen) atoms. The molecule has 0 amide bonds. The van der Waals surface area contributed by atoms with Crippen LogP contribution in [0.25, 0.3) is 11.0 Å². The van der Waals surface area contributed by atoms with Gasteiger partial charge in [-0.25, -0.2) is 4.79 Å². The molecule has 0 saturated carbocycles. The van der Waals surface area contributed by atoms with Gasteiger partial charge in [-0.05, 0) is 25.0 Å². The van der Waals surface area contributed by atoms with Gasteiger partial charge in [-0.15, -0.1) is 0 Å². The second kappa shape index (κ2) is 3.79. The molecular formula is C12H17N3O. The van der Waals surface area contributed by atoms with Crippen molar-refractivity contribution in [2.24, 2.45) is 19.8 Å². The lowest BCUT2D eigenvalue weighted by atomic mass is 10.1. The second-order valence-corrected chi connectivity index (χ2v) is 4.37. The van der Waals surface area contributed by atoms with E-state index in [0.29, 0.717) is 0 Å². The molecular weight excluding hydrogens is 202 g/mol. The molecule has 1 heterocycles. The Morgan fingerprint density at radius 3 is 2.62 bits per heavy atom. The van der Waals surface area contributed by atoms with Crippen molar-refractivity contribution in [2.75, 3.05) is 0 Å². The van der Waals surface area contributed by atoms with E-state index in [0.717, 1.165) is 23.0 Å². The summed E-state index contributed by atoms with van der Waals surface area (Å²) in [6.45, 7) is 1.97. The molecule has 0 aliphatic rings. The van der Waals surface area contributed by atoms with Crippen molar-refractivity contribution in [3.8, 4) is 0 Å². The predicted octanol–water partition coefficient (Wildman–Crippen LogP) is 0.767. The lowest BCUT2D eigenvalue weighted by Gasteiger charge is -2.07. The number of nitrogens with zero attached hydrogens (tertiary/aromatic N) is 2. The summed E-state index contributed by atoms with van der Waals surface area (Å²) in [6.07, 6.45) is 0.786. The number of aryl methyl sites for hydroxylation is 2. The fourth-order valence-corrected chi connectivity index (χ4v) is 2.17. The van der Waals surface area contributed by atoms with Gasteiger partial charge < -0.3 is 5.73 Å². The first-order valence-electron chi connectivity index (χ1n) is 5.41. The van der Waals surface area contributed by atoms with Crippen LogP contribution < -0.4 is 11.4 Å². The van der Waals surface area contributed by atoms with Gasteiger partial charge in [0.05, 0.1) is 11.0 Å². The molecule has 0 aliphatic carbocycles. The monoisotopic (exact) mass is 219 g/mol. The van der Waals surface area contributed by atoms with E-state index in [4.69, 9.17) is 5.73 Å². The van der Waals surface area contributed by atoms with Crippen molar-refractivity contribution in [2.45, 2.75) is 19.4 Å². The molecule has 4 nitrogen and oxygen atoms in total. The summed E-state index contributed by atoms with van der Waals surface area (Å²) in [5, 5.41) is 0. The van der Waals surface area contributed by atoms with Crippen molar-refractivity contribution in [3.05, 3.63) is 34.2 Å². The molecule has 1 aromatic heterocycles. The van der Waals surface area contributed by atoms with Crippen LogP contribution in [0.15, 0.2) is 23.0 Å². The quantitative estimate of drug-likeness (QED) is 0.811. The number of para-hydroxylation sites is 1. The van der Waals surface area contributed by atoms with Gasteiger partial charge in [0.25, 0.3) is 0 Å². The summed E-state index contributed by atoms with van der Waals surface area (Å²) < 4.78 is 3.35. The van der Waals surface area contributed by atoms with E-state index in [-0.39, 0.29) is 11.7 Å². The molecule has 4 heteroatoms. The van der Waals surface area contributed by atoms with Gasteiger partial charge >= 0.3 is 5.69 Å². The summed E-state index contributed by atoms with van der Waals surface area (Å²) in [7, 11) is 3.59. The first-order chi connectivity index (χ1) is 7.52. The maximum atomic E-state index is 11.8. The summed E-state index contributed by atoms with van der Waals surface area (Å²) in [4.78, 5) is 11.8. The summed E-state index contributed by atoms with van der Waals surface area (Å²) >= 11 is 0. The molecule has 1 aromatic carbocycles. The van der Waals surface area contributed by atoms with Gasteiger partial charge in [-0.1, -0.05) is 12.1 Å². The Labute approximate surface area is 94.3 Å². The first kappa shape index (κ1) is 11.0. The Balaban J connectivity index is 2.77. The van der Waals surface area contributed by atoms with Crippen LogP contribution in [0.3, 0.4) is 0 Å². The Morgan fingerprint density at radius 1 is 1.31 bits per heavy atom. The lowest BCUT2D eigenvalue weighted by molar-refractivity contribution is 0.736. The van der Waals surface area contributed by atoms with Gasteiger partial charge in [0.1, 0.15) is 0 Å². The first-order valence-corrected chi connectivity index (χ1v) is 5.41. The lowest BCUT2D eigenvalue weighted by Crippen LogP contribution is -2.20. The molecule has 2 aromatic rings. The van der Waals surface area contributed by atoms with E-state index >= 15 is 0 Å². The van der Waals surface area contributed by atoms with Crippen LogP contribution in [0.2, 0.25) is 0 Å². The molecule has 0 radical (unpaired) electrons. The normalized spacial score (nSPS) is 13.2. The van der Waals surface area contributed by atoms with Crippen LogP contribution in [-0.4, -0.2) is 15.2 Å². The molecule has 86 valence electrons. The van der Waals surface area contributed by atoms with Crippen molar-refractivity contribution in [3.63, 3.8) is 0 Å². The number of hydrogen-bond acceptors (Lipinski definition) is 2. The minimum absolute atomic E-state index is 0.00660. The highest BCUT2D eigenvalue weighted by atomic mass is 16.1. The highest BCUT2D eigenvalue weighted by molar-refractivity contribution is 5.79. The third kappa shape index (κ3) is 1.55. The van der Waals surface area contributed by atoms with Crippen molar-refractivity contribution in [1.29, 1.82) is 0 Å². The van der Waals surface area contributed by atoms with Crippen molar-refractivity contribution in [1.82, 2.24) is 9.13 Å². The van der Waals surface area contributed by atoms with Gasteiger partial charge in [0, 0.05) is 20.1 Å². The van der Waals surface area contributed by atoms with E-state index in [9.17, 15) is 4.79 Å². The minimum atomic E-state index is 0.00660. The number of hydrogen-bond donors (Lipinski definition) is 1. The third-order valence-electron chi connectivity index (χ3n) is 2.91. The van der Waals surface area contributed by atoms with Crippen LogP contribution >= 0.6 is 0 Å². The molecule has 0 aliphatic heterocycles. The van der Waals surface area contributed by atoms with Gasteiger partial charge in [-0.2, -0.15) is 0 Å². The minimum Gasteiger partial charge on any atom is -0.328 e. The molecule has 1 atom stereocenters. The topological polar surface area (TPSA) is 52.9 Å². The summed E-state index contributed by atoms with van der Waals surface area (Å²) in [5.74, 6) is 0. The van der Waals surface area contributed by atoms with Gasteiger partial charge in [0.15, 0.2) is 0 Å².